The lowest BCUT2D eigenvalue weighted by molar-refractivity contribution is -0.125. The number of carbonyl (C=O) groups is 4. The van der Waals surface area contributed by atoms with Gasteiger partial charge in [0.25, 0.3) is 11.8 Å². The molecule has 0 saturated carbocycles. The maximum absolute atomic E-state index is 13.7. The first-order valence-corrected chi connectivity index (χ1v) is 21.0. The predicted octanol–water partition coefficient (Wildman–Crippen LogP) is 3.68. The third-order valence-electron chi connectivity index (χ3n) is 8.48. The molecule has 4 aliphatic heterocycles. The van der Waals surface area contributed by atoms with E-state index in [9.17, 15) is 19.2 Å². The van der Waals surface area contributed by atoms with Crippen LogP contribution in [0.1, 0.15) is 97.5 Å². The Morgan fingerprint density at radius 1 is 0.680 bits per heavy atom. The molecule has 0 unspecified atom stereocenters. The quantitative estimate of drug-likeness (QED) is 0.335. The second kappa shape index (κ2) is 15.6. The van der Waals surface area contributed by atoms with Crippen LogP contribution in [0.15, 0.2) is 20.7 Å². The van der Waals surface area contributed by atoms with Crippen LogP contribution in [0.2, 0.25) is 0 Å². The molecule has 0 spiro atoms. The zero-order valence-electron chi connectivity index (χ0n) is 28.6. The fraction of sp³-hybridized carbons (Fsp3) is 0.625. The van der Waals surface area contributed by atoms with Crippen LogP contribution in [-0.4, -0.2) is 93.3 Å². The summed E-state index contributed by atoms with van der Waals surface area (Å²) in [5.74, 6) is 0.109. The van der Waals surface area contributed by atoms with Crippen molar-refractivity contribution in [3.8, 4) is 0 Å². The number of amides is 4. The average molecular weight is 763 g/mol. The summed E-state index contributed by atoms with van der Waals surface area (Å²) < 4.78 is 12.3. The number of aliphatic imine (C=N–C) groups is 2. The van der Waals surface area contributed by atoms with E-state index in [1.807, 2.05) is 27.7 Å². The first-order valence-electron chi connectivity index (χ1n) is 16.7. The zero-order chi connectivity index (χ0) is 35.7. The molecule has 6 rings (SSSR count). The number of hydrogen-bond donors (Lipinski definition) is 4. The zero-order valence-corrected chi connectivity index (χ0v) is 31.9. The van der Waals surface area contributed by atoms with Crippen LogP contribution < -0.4 is 21.3 Å². The van der Waals surface area contributed by atoms with Crippen molar-refractivity contribution in [2.75, 3.05) is 11.5 Å². The Morgan fingerprint density at radius 2 is 1.08 bits per heavy atom. The largest absolute Gasteiger partial charge is 0.474 e. The maximum atomic E-state index is 13.7. The normalized spacial score (nSPS) is 30.6. The van der Waals surface area contributed by atoms with Crippen LogP contribution in [0.3, 0.4) is 0 Å². The van der Waals surface area contributed by atoms with Gasteiger partial charge in [0.05, 0.1) is 12.1 Å². The highest BCUT2D eigenvalue weighted by Gasteiger charge is 2.41. The Balaban J connectivity index is 1.42. The second-order valence-corrected chi connectivity index (χ2v) is 17.9. The van der Waals surface area contributed by atoms with E-state index in [4.69, 9.17) is 19.5 Å². The fourth-order valence-corrected chi connectivity index (χ4v) is 10.0. The minimum absolute atomic E-state index is 0.208. The number of hydrogen-bond acceptors (Lipinski definition) is 14. The van der Waals surface area contributed by atoms with E-state index in [1.165, 1.54) is 44.3 Å². The van der Waals surface area contributed by atoms with E-state index < -0.39 is 60.3 Å². The highest BCUT2D eigenvalue weighted by atomic mass is 33.1. The highest BCUT2D eigenvalue weighted by Crippen LogP contribution is 2.31. The topological polar surface area (TPSA) is 185 Å². The summed E-state index contributed by atoms with van der Waals surface area (Å²) in [6, 6.07) is -3.99. The minimum atomic E-state index is -0.847. The van der Waals surface area contributed by atoms with Gasteiger partial charge in [-0.05, 0) is 38.5 Å². The number of carbonyl (C=O) groups excluding carboxylic acids is 4. The summed E-state index contributed by atoms with van der Waals surface area (Å²) >= 11 is 2.59. The predicted molar refractivity (Wildman–Crippen MR) is 196 cm³/mol. The summed E-state index contributed by atoms with van der Waals surface area (Å²) in [6.07, 6.45) is 0.0196. The summed E-state index contributed by atoms with van der Waals surface area (Å²) in [6.45, 7) is 11.8. The maximum Gasteiger partial charge on any atom is 0.271 e. The number of rotatable bonds is 4. The van der Waals surface area contributed by atoms with Crippen molar-refractivity contribution in [2.45, 2.75) is 103 Å². The van der Waals surface area contributed by atoms with Crippen LogP contribution >= 0.6 is 44.3 Å². The summed E-state index contributed by atoms with van der Waals surface area (Å²) in [5.41, 5.74) is 0.415. The van der Waals surface area contributed by atoms with Crippen molar-refractivity contribution >= 4 is 79.7 Å². The van der Waals surface area contributed by atoms with Crippen LogP contribution in [0.5, 0.6) is 0 Å². The molecule has 8 atom stereocenters. The molecule has 0 aromatic carbocycles. The molecule has 4 aliphatic rings. The van der Waals surface area contributed by atoms with Crippen molar-refractivity contribution in [2.24, 2.45) is 21.8 Å². The Hall–Kier alpha value is -3.22. The summed E-state index contributed by atoms with van der Waals surface area (Å²) in [7, 11) is 2.86. The monoisotopic (exact) mass is 762 g/mol. The number of fused-ring (bicyclic) bond motifs is 13. The molecule has 0 fully saturated rings. The van der Waals surface area contributed by atoms with Crippen LogP contribution in [0.4, 0.5) is 0 Å². The highest BCUT2D eigenvalue weighted by molar-refractivity contribution is 8.76. The Labute approximate surface area is 306 Å². The van der Waals surface area contributed by atoms with E-state index in [2.05, 4.69) is 31.2 Å². The van der Waals surface area contributed by atoms with Gasteiger partial charge in [-0.1, -0.05) is 49.3 Å². The molecule has 2 aromatic heterocycles. The van der Waals surface area contributed by atoms with Crippen molar-refractivity contribution in [1.29, 1.82) is 0 Å². The van der Waals surface area contributed by atoms with Crippen LogP contribution in [0.25, 0.3) is 0 Å². The van der Waals surface area contributed by atoms with Gasteiger partial charge in [-0.15, -0.1) is 22.7 Å². The lowest BCUT2D eigenvalue weighted by atomic mass is 10.0. The van der Waals surface area contributed by atoms with Crippen LogP contribution in [0, 0.1) is 11.8 Å². The standard InChI is InChI=1S/C32H42N8O6S4/c1-13(2)7-17-31-37-19(9-47-31)25(41)35-22-12-50-49-11-21(29-39-23(15(5)45-29)27(43)33-17)36-26(42)20-10-48-32(38-20)18(8-14(3)4)34-28(44)24-16(6)46-30(22)40-24/h9-10,13-18,21-24H,7-8,11-12H2,1-6H3,(H,33,43)(H,34,44)(H,35,41)(H,36,42)/t15-,16-,17-,18+,21+,22-,23+,24+/m0/s1. The van der Waals surface area contributed by atoms with Gasteiger partial charge < -0.3 is 30.7 Å². The van der Waals surface area contributed by atoms with Gasteiger partial charge in [0.1, 0.15) is 45.7 Å². The van der Waals surface area contributed by atoms with E-state index in [0.717, 1.165) is 0 Å². The fourth-order valence-electron chi connectivity index (χ4n) is 5.99. The van der Waals surface area contributed by atoms with Gasteiger partial charge in [-0.3, -0.25) is 19.2 Å². The first kappa shape index (κ1) is 36.6. The van der Waals surface area contributed by atoms with Gasteiger partial charge >= 0.3 is 0 Å². The Bertz CT molecular complexity index is 1560. The van der Waals surface area contributed by atoms with Crippen LogP contribution in [-0.2, 0) is 19.1 Å². The molecule has 2 aromatic rings. The second-order valence-electron chi connectivity index (χ2n) is 13.6. The smallest absolute Gasteiger partial charge is 0.271 e. The molecule has 50 heavy (non-hydrogen) atoms. The van der Waals surface area contributed by atoms with E-state index in [0.29, 0.717) is 34.4 Å². The Kier molecular flexibility index (Phi) is 11.4. The summed E-state index contributed by atoms with van der Waals surface area (Å²) in [5, 5.41) is 16.8. The molecule has 0 saturated heterocycles. The number of nitrogens with zero attached hydrogens (tertiary/aromatic N) is 4. The lowest BCUT2D eigenvalue weighted by Gasteiger charge is -2.22. The number of nitrogens with one attached hydrogen (secondary N) is 4. The molecule has 18 heteroatoms. The number of aromatic nitrogens is 2. The molecule has 14 nitrogen and oxygen atoms in total. The number of ether oxygens (including phenoxy) is 2. The third-order valence-corrected chi connectivity index (χ3v) is 12.8. The van der Waals surface area contributed by atoms with E-state index in [-0.39, 0.29) is 46.8 Å². The van der Waals surface area contributed by atoms with Crippen molar-refractivity contribution in [3.63, 3.8) is 0 Å². The molecule has 0 aliphatic carbocycles. The first-order chi connectivity index (χ1) is 23.9. The lowest BCUT2D eigenvalue weighted by Crippen LogP contribution is -2.44. The number of thiazole rings is 2. The van der Waals surface area contributed by atoms with Gasteiger partial charge in [-0.2, -0.15) is 0 Å². The minimum Gasteiger partial charge on any atom is -0.474 e. The molecule has 6 heterocycles. The van der Waals surface area contributed by atoms with Gasteiger partial charge in [-0.25, -0.2) is 20.0 Å². The van der Waals surface area contributed by atoms with Crippen molar-refractivity contribution < 1.29 is 28.7 Å². The molecular formula is C32H42N8O6S4. The van der Waals surface area contributed by atoms with Crippen molar-refractivity contribution in [3.05, 3.63) is 32.2 Å². The van der Waals surface area contributed by atoms with E-state index >= 15 is 0 Å². The molecule has 10 bridgehead atoms. The Morgan fingerprint density at radius 3 is 1.46 bits per heavy atom. The molecule has 4 N–H and O–H groups in total. The molecule has 270 valence electrons. The van der Waals surface area contributed by atoms with Gasteiger partial charge in [0.2, 0.25) is 23.6 Å². The third kappa shape index (κ3) is 8.29. The van der Waals surface area contributed by atoms with Gasteiger partial charge in [0, 0.05) is 22.3 Å². The SMILES string of the molecule is CC(C)C[C@@H]1NC(=O)[C@@H]2N=C(O[C@H]2C)[C@H]2CSSC[C@H](NC(=O)c3csc1n3)C1=N[C@@H](C(=O)N[C@H](CC(C)C)c3nc(cs3)C(=O)N2)[C@H](C)O1. The molecule has 4 amide bonds. The molecular weight excluding hydrogens is 721 g/mol. The van der Waals surface area contributed by atoms with E-state index in [1.54, 1.807) is 24.6 Å². The van der Waals surface area contributed by atoms with Crippen molar-refractivity contribution in [1.82, 2.24) is 31.2 Å². The molecule has 0 radical (unpaired) electrons. The summed E-state index contributed by atoms with van der Waals surface area (Å²) in [4.78, 5) is 73.5. The average Bonchev–Trinajstić information content (AvgIpc) is 3.86. The van der Waals surface area contributed by atoms with Gasteiger partial charge in [0.15, 0.2) is 12.1 Å².